The van der Waals surface area contributed by atoms with Crippen LogP contribution in [0, 0.1) is 3.57 Å². The smallest absolute Gasteiger partial charge is 0.355 e. The number of carboxylic acids is 1. The Hall–Kier alpha value is -0.310. The maximum Gasteiger partial charge on any atom is 0.355 e. The van der Waals surface area contributed by atoms with Crippen LogP contribution in [0.25, 0.3) is 0 Å². The van der Waals surface area contributed by atoms with E-state index < -0.39 is 18.1 Å². The zero-order valence-electron chi connectivity index (χ0n) is 6.47. The summed E-state index contributed by atoms with van der Waals surface area (Å²) in [7, 11) is 0. The van der Waals surface area contributed by atoms with Crippen LogP contribution in [0.2, 0.25) is 0 Å². The summed E-state index contributed by atoms with van der Waals surface area (Å²) in [5.41, 5.74) is -0.737. The number of carbonyl (C=O) groups is 1. The SMILES string of the molecule is O=C(O)c1ncc(I)c(C(F)F)c1Br. The fourth-order valence-corrected chi connectivity index (χ4v) is 2.50. The fourth-order valence-electron chi connectivity index (χ4n) is 0.829. The molecule has 3 nitrogen and oxygen atoms in total. The van der Waals surface area contributed by atoms with Crippen molar-refractivity contribution in [3.05, 3.63) is 25.5 Å². The molecule has 1 aromatic heterocycles. The number of rotatable bonds is 2. The summed E-state index contributed by atoms with van der Waals surface area (Å²) in [6.45, 7) is 0. The highest BCUT2D eigenvalue weighted by atomic mass is 127. The van der Waals surface area contributed by atoms with Crippen LogP contribution in [0.4, 0.5) is 8.78 Å². The molecular formula is C7H3BrF2INO2. The normalized spacial score (nSPS) is 10.6. The molecule has 0 saturated heterocycles. The summed E-state index contributed by atoms with van der Waals surface area (Å²) < 4.78 is 25.0. The first kappa shape index (κ1) is 11.8. The van der Waals surface area contributed by atoms with Gasteiger partial charge in [0.1, 0.15) is 0 Å². The van der Waals surface area contributed by atoms with E-state index in [0.717, 1.165) is 6.20 Å². The van der Waals surface area contributed by atoms with E-state index in [1.54, 1.807) is 22.6 Å². The average Bonchev–Trinajstić information content (AvgIpc) is 2.02. The molecule has 0 spiro atoms. The monoisotopic (exact) mass is 377 g/mol. The molecule has 1 heterocycles. The molecule has 0 unspecified atom stereocenters. The number of hydrogen-bond acceptors (Lipinski definition) is 2. The summed E-state index contributed by atoms with van der Waals surface area (Å²) in [6.07, 6.45) is -1.62. The Kier molecular flexibility index (Phi) is 3.76. The molecule has 0 amide bonds. The summed E-state index contributed by atoms with van der Waals surface area (Å²) in [5, 5.41) is 8.62. The van der Waals surface area contributed by atoms with Gasteiger partial charge in [-0.15, -0.1) is 0 Å². The van der Waals surface area contributed by atoms with Crippen LogP contribution in [-0.2, 0) is 0 Å². The van der Waals surface area contributed by atoms with Crippen LogP contribution in [-0.4, -0.2) is 16.1 Å². The van der Waals surface area contributed by atoms with Crippen LogP contribution in [0.5, 0.6) is 0 Å². The first-order valence-electron chi connectivity index (χ1n) is 3.30. The summed E-state index contributed by atoms with van der Waals surface area (Å²) in [5.74, 6) is -1.34. The van der Waals surface area contributed by atoms with E-state index in [0.29, 0.717) is 0 Å². The molecule has 0 aliphatic rings. The molecule has 0 fully saturated rings. The molecule has 1 rings (SSSR count). The van der Waals surface area contributed by atoms with Crippen LogP contribution in [0.1, 0.15) is 22.5 Å². The lowest BCUT2D eigenvalue weighted by molar-refractivity contribution is 0.0688. The number of halogens is 4. The molecule has 0 saturated carbocycles. The van der Waals surface area contributed by atoms with Crippen molar-refractivity contribution in [2.24, 2.45) is 0 Å². The maximum atomic E-state index is 12.5. The lowest BCUT2D eigenvalue weighted by Crippen LogP contribution is -2.05. The zero-order chi connectivity index (χ0) is 10.9. The Morgan fingerprint density at radius 1 is 1.64 bits per heavy atom. The molecule has 1 N–H and O–H groups in total. The van der Waals surface area contributed by atoms with E-state index in [4.69, 9.17) is 5.11 Å². The molecule has 0 aromatic carbocycles. The highest BCUT2D eigenvalue weighted by molar-refractivity contribution is 14.1. The number of hydrogen-bond donors (Lipinski definition) is 1. The first-order chi connectivity index (χ1) is 6.45. The number of nitrogens with zero attached hydrogens (tertiary/aromatic N) is 1. The molecule has 7 heteroatoms. The van der Waals surface area contributed by atoms with Gasteiger partial charge in [0.2, 0.25) is 0 Å². The van der Waals surface area contributed by atoms with E-state index >= 15 is 0 Å². The van der Waals surface area contributed by atoms with Gasteiger partial charge in [0.25, 0.3) is 6.43 Å². The van der Waals surface area contributed by atoms with Crippen molar-refractivity contribution in [1.29, 1.82) is 0 Å². The molecule has 0 radical (unpaired) electrons. The van der Waals surface area contributed by atoms with Crippen molar-refractivity contribution in [1.82, 2.24) is 4.98 Å². The minimum atomic E-state index is -2.72. The zero-order valence-corrected chi connectivity index (χ0v) is 10.2. The molecule has 76 valence electrons. The predicted octanol–water partition coefficient (Wildman–Crippen LogP) is 3.08. The van der Waals surface area contributed by atoms with E-state index in [1.807, 2.05) is 0 Å². The Labute approximate surface area is 99.8 Å². The van der Waals surface area contributed by atoms with Crippen molar-refractivity contribution in [2.75, 3.05) is 0 Å². The van der Waals surface area contributed by atoms with E-state index in [1.165, 1.54) is 0 Å². The third-order valence-electron chi connectivity index (χ3n) is 1.43. The second-order valence-corrected chi connectivity index (χ2v) is 4.24. The highest BCUT2D eigenvalue weighted by Crippen LogP contribution is 2.32. The lowest BCUT2D eigenvalue weighted by atomic mass is 10.2. The van der Waals surface area contributed by atoms with Gasteiger partial charge in [0.15, 0.2) is 5.69 Å². The van der Waals surface area contributed by atoms with Crippen LogP contribution in [0.15, 0.2) is 10.7 Å². The van der Waals surface area contributed by atoms with Gasteiger partial charge in [-0.05, 0) is 38.5 Å². The number of aromatic nitrogens is 1. The Balaban J connectivity index is 3.41. The minimum Gasteiger partial charge on any atom is -0.476 e. The van der Waals surface area contributed by atoms with Crippen molar-refractivity contribution in [3.8, 4) is 0 Å². The summed E-state index contributed by atoms with van der Waals surface area (Å²) in [4.78, 5) is 14.1. The molecule has 0 aliphatic heterocycles. The van der Waals surface area contributed by atoms with E-state index in [-0.39, 0.29) is 13.6 Å². The van der Waals surface area contributed by atoms with Crippen LogP contribution < -0.4 is 0 Å². The largest absolute Gasteiger partial charge is 0.476 e. The second-order valence-electron chi connectivity index (χ2n) is 2.29. The number of aromatic carboxylic acids is 1. The van der Waals surface area contributed by atoms with Gasteiger partial charge in [-0.2, -0.15) is 0 Å². The Bertz CT molecular complexity index is 386. The lowest BCUT2D eigenvalue weighted by Gasteiger charge is -2.07. The van der Waals surface area contributed by atoms with Crippen molar-refractivity contribution in [2.45, 2.75) is 6.43 Å². The summed E-state index contributed by atoms with van der Waals surface area (Å²) >= 11 is 4.48. The van der Waals surface area contributed by atoms with Gasteiger partial charge in [-0.25, -0.2) is 18.6 Å². The standard InChI is InChI=1S/C7H3BrF2INO2/c8-4-3(6(9)10)2(11)1-12-5(4)7(13)14/h1,6H,(H,13,14). The third-order valence-corrected chi connectivity index (χ3v) is 3.09. The summed E-state index contributed by atoms with van der Waals surface area (Å²) in [6, 6.07) is 0. The van der Waals surface area contributed by atoms with Gasteiger partial charge in [-0.1, -0.05) is 0 Å². The van der Waals surface area contributed by atoms with Gasteiger partial charge >= 0.3 is 5.97 Å². The van der Waals surface area contributed by atoms with Crippen molar-refractivity contribution in [3.63, 3.8) is 0 Å². The number of alkyl halides is 2. The van der Waals surface area contributed by atoms with Crippen molar-refractivity contribution >= 4 is 44.5 Å². The molecule has 14 heavy (non-hydrogen) atoms. The van der Waals surface area contributed by atoms with E-state index in [2.05, 4.69) is 20.9 Å². The Morgan fingerprint density at radius 2 is 2.21 bits per heavy atom. The molecule has 0 bridgehead atoms. The van der Waals surface area contributed by atoms with Gasteiger partial charge in [0, 0.05) is 15.3 Å². The number of pyridine rings is 1. The Morgan fingerprint density at radius 3 is 2.64 bits per heavy atom. The molecule has 1 aromatic rings. The fraction of sp³-hybridized carbons (Fsp3) is 0.143. The molecular weight excluding hydrogens is 375 g/mol. The average molecular weight is 378 g/mol. The van der Waals surface area contributed by atoms with Gasteiger partial charge < -0.3 is 5.11 Å². The topological polar surface area (TPSA) is 50.2 Å². The van der Waals surface area contributed by atoms with Crippen LogP contribution in [0.3, 0.4) is 0 Å². The first-order valence-corrected chi connectivity index (χ1v) is 5.17. The molecule has 0 atom stereocenters. The predicted molar refractivity (Wildman–Crippen MR) is 56.6 cm³/mol. The van der Waals surface area contributed by atoms with Gasteiger partial charge in [0.05, 0.1) is 4.47 Å². The van der Waals surface area contributed by atoms with E-state index in [9.17, 15) is 13.6 Å². The quantitative estimate of drug-likeness (QED) is 0.806. The minimum absolute atomic E-state index is 0.160. The van der Waals surface area contributed by atoms with Gasteiger partial charge in [-0.3, -0.25) is 0 Å². The van der Waals surface area contributed by atoms with Crippen molar-refractivity contribution < 1.29 is 18.7 Å². The second kappa shape index (κ2) is 4.47. The third kappa shape index (κ3) is 2.19. The number of carboxylic acid groups (broad SMARTS) is 1. The molecule has 0 aliphatic carbocycles. The highest BCUT2D eigenvalue weighted by Gasteiger charge is 2.22. The maximum absolute atomic E-state index is 12.5. The van der Waals surface area contributed by atoms with Crippen LogP contribution >= 0.6 is 38.5 Å².